The average molecular weight is 270 g/mol. The van der Waals surface area contributed by atoms with E-state index in [9.17, 15) is 9.90 Å². The summed E-state index contributed by atoms with van der Waals surface area (Å²) in [7, 11) is 0. The average Bonchev–Trinajstić information content (AvgIpc) is 2.71. The Kier molecular flexibility index (Phi) is 5.39. The lowest BCUT2D eigenvalue weighted by molar-refractivity contribution is -0.145. The third-order valence-corrected chi connectivity index (χ3v) is 4.64. The first-order valence-electron chi connectivity index (χ1n) is 7.50. The van der Waals surface area contributed by atoms with Gasteiger partial charge in [-0.3, -0.25) is 10.1 Å². The number of likely N-dealkylation sites (tertiary alicyclic amines) is 1. The number of carbonyl (C=O) groups is 1. The van der Waals surface area contributed by atoms with E-state index in [2.05, 4.69) is 24.1 Å². The molecule has 0 spiro atoms. The molecule has 4 nitrogen and oxygen atoms in total. The van der Waals surface area contributed by atoms with E-state index >= 15 is 0 Å². The topological polar surface area (TPSA) is 52.6 Å². The molecule has 4 heteroatoms. The van der Waals surface area contributed by atoms with Gasteiger partial charge in [-0.15, -0.1) is 0 Å². The third kappa shape index (κ3) is 3.93. The van der Waals surface area contributed by atoms with Gasteiger partial charge in [0.05, 0.1) is 0 Å². The zero-order chi connectivity index (χ0) is 14.7. The van der Waals surface area contributed by atoms with Crippen LogP contribution in [0.3, 0.4) is 0 Å². The van der Waals surface area contributed by atoms with E-state index in [1.807, 2.05) is 13.8 Å². The fraction of sp³-hybridized carbons (Fsp3) is 0.933. The molecule has 1 unspecified atom stereocenters. The molecular formula is C15H30N2O2. The molecule has 1 saturated heterocycles. The lowest BCUT2D eigenvalue weighted by Gasteiger charge is -2.34. The molecule has 1 fully saturated rings. The summed E-state index contributed by atoms with van der Waals surface area (Å²) in [6.45, 7) is 12.9. The Labute approximate surface area is 117 Å². The van der Waals surface area contributed by atoms with Gasteiger partial charge in [0.15, 0.2) is 0 Å². The number of hydrogen-bond donors (Lipinski definition) is 2. The maximum absolute atomic E-state index is 11.6. The van der Waals surface area contributed by atoms with Crippen molar-refractivity contribution in [1.29, 1.82) is 0 Å². The number of carboxylic acids is 1. The fourth-order valence-corrected chi connectivity index (χ4v) is 3.25. The van der Waals surface area contributed by atoms with Gasteiger partial charge < -0.3 is 10.0 Å². The monoisotopic (exact) mass is 270 g/mol. The van der Waals surface area contributed by atoms with Crippen molar-refractivity contribution in [1.82, 2.24) is 10.2 Å². The molecule has 0 aromatic heterocycles. The van der Waals surface area contributed by atoms with Crippen LogP contribution in [-0.4, -0.2) is 47.2 Å². The summed E-state index contributed by atoms with van der Waals surface area (Å²) < 4.78 is 0. The predicted octanol–water partition coefficient (Wildman–Crippen LogP) is 2.34. The van der Waals surface area contributed by atoms with Gasteiger partial charge in [0.25, 0.3) is 0 Å². The van der Waals surface area contributed by atoms with Crippen LogP contribution in [0.15, 0.2) is 0 Å². The highest BCUT2D eigenvalue weighted by Crippen LogP contribution is 2.37. The SMILES string of the molecule is CCC1(CC)CCN(CC(C)(NC(C)C)C(=O)O)C1. The normalized spacial score (nSPS) is 22.6. The van der Waals surface area contributed by atoms with Crippen LogP contribution in [0.2, 0.25) is 0 Å². The molecule has 0 radical (unpaired) electrons. The molecule has 112 valence electrons. The number of carboxylic acid groups (broad SMARTS) is 1. The molecule has 1 aliphatic rings. The number of nitrogens with zero attached hydrogens (tertiary/aromatic N) is 1. The summed E-state index contributed by atoms with van der Waals surface area (Å²) in [6.07, 6.45) is 3.56. The minimum Gasteiger partial charge on any atom is -0.480 e. The van der Waals surface area contributed by atoms with Gasteiger partial charge in [-0.1, -0.05) is 13.8 Å². The molecule has 1 aliphatic heterocycles. The Bertz CT molecular complexity index is 313. The molecule has 0 amide bonds. The van der Waals surface area contributed by atoms with Crippen LogP contribution in [0.4, 0.5) is 0 Å². The highest BCUT2D eigenvalue weighted by atomic mass is 16.4. The Balaban J connectivity index is 2.70. The van der Waals surface area contributed by atoms with Crippen LogP contribution in [0.25, 0.3) is 0 Å². The number of nitrogens with one attached hydrogen (secondary N) is 1. The molecule has 0 saturated carbocycles. The maximum atomic E-state index is 11.6. The smallest absolute Gasteiger partial charge is 0.324 e. The van der Waals surface area contributed by atoms with Crippen LogP contribution in [0, 0.1) is 5.41 Å². The Hall–Kier alpha value is -0.610. The molecule has 0 aliphatic carbocycles. The Morgan fingerprint density at radius 2 is 2.00 bits per heavy atom. The molecule has 1 atom stereocenters. The van der Waals surface area contributed by atoms with Gasteiger partial charge in [0.1, 0.15) is 5.54 Å². The quantitative estimate of drug-likeness (QED) is 0.745. The second-order valence-corrected chi connectivity index (χ2v) is 6.60. The van der Waals surface area contributed by atoms with Crippen molar-refractivity contribution >= 4 is 5.97 Å². The standard InChI is InChI=1S/C15H30N2O2/c1-6-15(7-2)8-9-17(11-15)10-14(5,13(18)19)16-12(3)4/h12,16H,6-11H2,1-5H3,(H,18,19). The second kappa shape index (κ2) is 6.23. The molecular weight excluding hydrogens is 240 g/mol. The molecule has 0 aromatic rings. The van der Waals surface area contributed by atoms with Crippen LogP contribution >= 0.6 is 0 Å². The first kappa shape index (κ1) is 16.4. The van der Waals surface area contributed by atoms with E-state index in [-0.39, 0.29) is 6.04 Å². The molecule has 0 aromatic carbocycles. The van der Waals surface area contributed by atoms with Crippen molar-refractivity contribution in [2.24, 2.45) is 5.41 Å². The summed E-state index contributed by atoms with van der Waals surface area (Å²) in [5, 5.41) is 12.7. The van der Waals surface area contributed by atoms with Crippen molar-refractivity contribution in [3.8, 4) is 0 Å². The minimum absolute atomic E-state index is 0.172. The summed E-state index contributed by atoms with van der Waals surface area (Å²) in [5.74, 6) is -0.758. The van der Waals surface area contributed by atoms with E-state index in [0.29, 0.717) is 12.0 Å². The number of rotatable bonds is 7. The van der Waals surface area contributed by atoms with Crippen LogP contribution in [0.5, 0.6) is 0 Å². The zero-order valence-corrected chi connectivity index (χ0v) is 13.1. The number of hydrogen-bond acceptors (Lipinski definition) is 3. The van der Waals surface area contributed by atoms with Gasteiger partial charge in [-0.25, -0.2) is 0 Å². The largest absolute Gasteiger partial charge is 0.480 e. The summed E-state index contributed by atoms with van der Waals surface area (Å²) >= 11 is 0. The second-order valence-electron chi connectivity index (χ2n) is 6.60. The summed E-state index contributed by atoms with van der Waals surface area (Å²) in [5.41, 5.74) is -0.455. The van der Waals surface area contributed by atoms with E-state index in [0.717, 1.165) is 13.1 Å². The minimum atomic E-state index is -0.855. The molecule has 1 heterocycles. The first-order valence-corrected chi connectivity index (χ1v) is 7.50. The highest BCUT2D eigenvalue weighted by molar-refractivity contribution is 5.78. The van der Waals surface area contributed by atoms with Crippen LogP contribution < -0.4 is 5.32 Å². The van der Waals surface area contributed by atoms with Crippen LogP contribution in [-0.2, 0) is 4.79 Å². The van der Waals surface area contributed by atoms with Crippen LogP contribution in [0.1, 0.15) is 53.9 Å². The predicted molar refractivity (Wildman–Crippen MR) is 78.4 cm³/mol. The zero-order valence-electron chi connectivity index (χ0n) is 13.1. The Morgan fingerprint density at radius 1 is 1.42 bits per heavy atom. The van der Waals surface area contributed by atoms with Gasteiger partial charge in [-0.05, 0) is 52.0 Å². The molecule has 2 N–H and O–H groups in total. The van der Waals surface area contributed by atoms with Gasteiger partial charge in [0, 0.05) is 19.1 Å². The van der Waals surface area contributed by atoms with E-state index in [1.54, 1.807) is 6.92 Å². The molecule has 0 bridgehead atoms. The lowest BCUT2D eigenvalue weighted by Crippen LogP contribution is -2.58. The van der Waals surface area contributed by atoms with Gasteiger partial charge in [-0.2, -0.15) is 0 Å². The van der Waals surface area contributed by atoms with Gasteiger partial charge in [0.2, 0.25) is 0 Å². The van der Waals surface area contributed by atoms with Crippen molar-refractivity contribution < 1.29 is 9.90 Å². The lowest BCUT2D eigenvalue weighted by atomic mass is 9.82. The molecule has 1 rings (SSSR count). The first-order chi connectivity index (χ1) is 8.77. The van der Waals surface area contributed by atoms with Gasteiger partial charge >= 0.3 is 5.97 Å². The van der Waals surface area contributed by atoms with Crippen molar-refractivity contribution in [3.63, 3.8) is 0 Å². The van der Waals surface area contributed by atoms with Crippen molar-refractivity contribution in [3.05, 3.63) is 0 Å². The van der Waals surface area contributed by atoms with Crippen molar-refractivity contribution in [2.75, 3.05) is 19.6 Å². The number of aliphatic carboxylic acids is 1. The van der Waals surface area contributed by atoms with E-state index in [1.165, 1.54) is 19.3 Å². The summed E-state index contributed by atoms with van der Waals surface area (Å²) in [4.78, 5) is 13.9. The molecule has 19 heavy (non-hydrogen) atoms. The maximum Gasteiger partial charge on any atom is 0.324 e. The summed E-state index contributed by atoms with van der Waals surface area (Å²) in [6, 6.07) is 0.172. The highest BCUT2D eigenvalue weighted by Gasteiger charge is 2.41. The third-order valence-electron chi connectivity index (χ3n) is 4.64. The van der Waals surface area contributed by atoms with E-state index < -0.39 is 11.5 Å². The fourth-order valence-electron chi connectivity index (χ4n) is 3.25. The van der Waals surface area contributed by atoms with E-state index in [4.69, 9.17) is 0 Å². The Morgan fingerprint density at radius 3 is 2.37 bits per heavy atom. The van der Waals surface area contributed by atoms with Crippen molar-refractivity contribution in [2.45, 2.75) is 65.5 Å².